The molecule has 57 heavy (non-hydrogen) atoms. The van der Waals surface area contributed by atoms with Crippen LogP contribution in [0.4, 0.5) is 10.2 Å². The lowest BCUT2D eigenvalue weighted by Crippen LogP contribution is -2.35. The first-order valence-electron chi connectivity index (χ1n) is 18.2. The first-order valence-corrected chi connectivity index (χ1v) is 21.6. The fraction of sp³-hybridized carbons (Fsp3) is 0.405. The van der Waals surface area contributed by atoms with Crippen LogP contribution < -0.4 is 20.2 Å². The van der Waals surface area contributed by atoms with Crippen molar-refractivity contribution in [2.75, 3.05) is 12.3 Å². The van der Waals surface area contributed by atoms with E-state index < -0.39 is 58.8 Å². The third-order valence-corrected chi connectivity index (χ3v) is 12.7. The number of aromatic nitrogens is 4. The van der Waals surface area contributed by atoms with Gasteiger partial charge in [0.05, 0.1) is 12.9 Å². The van der Waals surface area contributed by atoms with Crippen molar-refractivity contribution in [3.63, 3.8) is 0 Å². The van der Waals surface area contributed by atoms with Crippen molar-refractivity contribution in [1.29, 1.82) is 0 Å². The highest BCUT2D eigenvalue weighted by Gasteiger charge is 2.47. The number of alkyl halides is 1. The quantitative estimate of drug-likeness (QED) is 0.0514. The maximum absolute atomic E-state index is 15.3. The number of carbonyl (C=O) groups excluding carboxylic acids is 1. The van der Waals surface area contributed by atoms with Crippen LogP contribution in [0.15, 0.2) is 79.1 Å². The van der Waals surface area contributed by atoms with E-state index in [1.54, 1.807) is 66.7 Å². The zero-order valence-electron chi connectivity index (χ0n) is 31.6. The number of aliphatic hydroxyl groups excluding tert-OH is 1. The normalized spacial score (nSPS) is 20.7. The van der Waals surface area contributed by atoms with E-state index in [-0.39, 0.29) is 34.6 Å². The smallest absolute Gasteiger partial charge is 0.465 e. The summed E-state index contributed by atoms with van der Waals surface area (Å²) in [6.07, 6.45) is -1.94. The summed E-state index contributed by atoms with van der Waals surface area (Å²) in [4.78, 5) is 37.8. The minimum absolute atomic E-state index is 0.00393. The van der Waals surface area contributed by atoms with Crippen molar-refractivity contribution in [2.45, 2.75) is 84.2 Å². The summed E-state index contributed by atoms with van der Waals surface area (Å²) in [5, 5.41) is 13.7. The zero-order valence-corrected chi connectivity index (χ0v) is 34.2. The second-order valence-corrected chi connectivity index (χ2v) is 16.7. The van der Waals surface area contributed by atoms with Crippen LogP contribution in [0, 0.1) is 5.92 Å². The van der Waals surface area contributed by atoms with Gasteiger partial charge in [0.25, 0.3) is 7.82 Å². The number of nitrogens with one attached hydrogen (secondary N) is 1. The van der Waals surface area contributed by atoms with Crippen LogP contribution in [-0.4, -0.2) is 61.6 Å². The van der Waals surface area contributed by atoms with Gasteiger partial charge >= 0.3 is 13.7 Å². The Morgan fingerprint density at radius 1 is 1.05 bits per heavy atom. The predicted octanol–water partition coefficient (Wildman–Crippen LogP) is 7.05. The van der Waals surface area contributed by atoms with Gasteiger partial charge in [0.1, 0.15) is 36.1 Å². The van der Waals surface area contributed by atoms with Gasteiger partial charge in [-0.2, -0.15) is 15.1 Å². The Bertz CT molecular complexity index is 2210. The lowest BCUT2D eigenvalue weighted by Gasteiger charge is -2.30. The Morgan fingerprint density at radius 3 is 2.40 bits per heavy atom. The number of nitrogen functional groups attached to an aromatic ring is 1. The fourth-order valence-corrected chi connectivity index (χ4v) is 9.08. The predicted molar refractivity (Wildman–Crippen MR) is 210 cm³/mol. The number of phosphoric acid groups is 1. The number of nitrogens with zero attached hydrogens (tertiary/aromatic N) is 4. The van der Waals surface area contributed by atoms with Crippen LogP contribution in [0.2, 0.25) is 5.28 Å². The van der Waals surface area contributed by atoms with E-state index in [4.69, 9.17) is 40.2 Å². The van der Waals surface area contributed by atoms with E-state index in [2.05, 4.69) is 40.8 Å². The van der Waals surface area contributed by atoms with Crippen LogP contribution in [-0.2, 0) is 38.8 Å². The molecule has 3 unspecified atom stereocenters. The number of hydrogen-bond acceptors (Lipinski definition) is 14. The van der Waals surface area contributed by atoms with Crippen LogP contribution in [0.1, 0.15) is 58.7 Å². The second kappa shape index (κ2) is 19.6. The van der Waals surface area contributed by atoms with E-state index in [9.17, 15) is 23.9 Å². The summed E-state index contributed by atoms with van der Waals surface area (Å²) >= 11 is 5.88. The summed E-state index contributed by atoms with van der Waals surface area (Å²) in [5.41, 5.74) is 6.56. The molecule has 2 aromatic heterocycles. The van der Waals surface area contributed by atoms with E-state index in [1.165, 1.54) is 32.3 Å². The maximum atomic E-state index is 15.3. The van der Waals surface area contributed by atoms with Gasteiger partial charge < -0.3 is 34.3 Å². The Morgan fingerprint density at radius 2 is 1.72 bits per heavy atom. The molecule has 16 nitrogen and oxygen atoms in total. The molecule has 3 aromatic carbocycles. The molecule has 7 atom stereocenters. The molecule has 0 spiro atoms. The molecule has 0 amide bonds. The molecule has 1 saturated heterocycles. The van der Waals surface area contributed by atoms with Crippen LogP contribution in [0.3, 0.4) is 0 Å². The van der Waals surface area contributed by atoms with Crippen molar-refractivity contribution in [3.8, 4) is 5.75 Å². The highest BCUT2D eigenvalue weighted by atomic mass is 35.5. The number of phosphoric ester groups is 1. The summed E-state index contributed by atoms with van der Waals surface area (Å²) in [6, 6.07) is 18.9. The molecule has 308 valence electrons. The Hall–Kier alpha value is -4.02. The number of halogens is 2. The molecule has 0 bridgehead atoms. The van der Waals surface area contributed by atoms with Gasteiger partial charge in [-0.3, -0.25) is 13.9 Å². The summed E-state index contributed by atoms with van der Waals surface area (Å²) < 4.78 is 70.1. The molecule has 4 N–H and O–H groups in total. The van der Waals surface area contributed by atoms with Crippen molar-refractivity contribution in [2.24, 2.45) is 5.92 Å². The number of fused-ring (bicyclic) bond motifs is 2. The summed E-state index contributed by atoms with van der Waals surface area (Å²) in [5.74, 6) is -0.0400. The molecular weight excluding hydrogens is 805 g/mol. The summed E-state index contributed by atoms with van der Waals surface area (Å²) in [7, 11) is -10.7. The second-order valence-electron chi connectivity index (χ2n) is 13.1. The Labute approximate surface area is 334 Å². The minimum atomic E-state index is -5.63. The molecule has 3 heterocycles. The molecule has 0 aliphatic carbocycles. The van der Waals surface area contributed by atoms with Gasteiger partial charge in [-0.25, -0.2) is 18.3 Å². The van der Waals surface area contributed by atoms with Crippen LogP contribution in [0.5, 0.6) is 5.75 Å². The number of anilines is 1. The number of aliphatic hydroxyl groups is 1. The fourth-order valence-electron chi connectivity index (χ4n) is 5.96. The Kier molecular flexibility index (Phi) is 15.2. The third kappa shape index (κ3) is 11.3. The lowest BCUT2D eigenvalue weighted by atomic mass is 10.0. The maximum Gasteiger partial charge on any atom is 0.465 e. The van der Waals surface area contributed by atoms with E-state index in [0.29, 0.717) is 16.3 Å². The minimum Gasteiger partial charge on any atom is -0.756 e. The zero-order chi connectivity index (χ0) is 41.3. The van der Waals surface area contributed by atoms with Crippen LogP contribution in [0.25, 0.3) is 21.9 Å². The number of esters is 1. The molecule has 0 saturated carbocycles. The first kappa shape index (κ1) is 44.1. The van der Waals surface area contributed by atoms with E-state index >= 15 is 4.39 Å². The number of nitrogens with two attached hydrogens (primary N) is 1. The standard InChI is InChI=1S/C30H30ClFN6O10P2.C7H16/c1-17(29(40)44-14-18-8-3-2-4-9-18)37-49(41,47-21-13-7-11-19-10-5-6-12-20(19)21)48-50(42,43)45-15-22-25(39)23(32)28(46-22)38-16-34-24-26(33)35-30(31)36-27(24)38;1-4-7(5-2)6-3/h2-13,16-17,22-23,25,28,39H,14-15H2,1H3,(H,37,41)(H,42,43)(H2,33,35,36);7H,4-6H2,1-3H3/p-1/t17-,22+,23+,25?,28+,49?;/m0./s1. The van der Waals surface area contributed by atoms with Crippen molar-refractivity contribution >= 4 is 60.9 Å². The third-order valence-electron chi connectivity index (χ3n) is 9.22. The Balaban J connectivity index is 0.000000811. The molecule has 20 heteroatoms. The van der Waals surface area contributed by atoms with E-state index in [0.717, 1.165) is 16.8 Å². The molecule has 1 aliphatic heterocycles. The molecule has 5 aromatic rings. The molecule has 1 aliphatic rings. The van der Waals surface area contributed by atoms with Crippen molar-refractivity contribution in [3.05, 3.63) is 90.0 Å². The monoisotopic (exact) mass is 849 g/mol. The van der Waals surface area contributed by atoms with Crippen molar-refractivity contribution in [1.82, 2.24) is 24.6 Å². The van der Waals surface area contributed by atoms with Gasteiger partial charge in [0.2, 0.25) is 5.28 Å². The van der Waals surface area contributed by atoms with Gasteiger partial charge in [-0.15, -0.1) is 0 Å². The van der Waals surface area contributed by atoms with Crippen molar-refractivity contribution < 1.29 is 51.1 Å². The average Bonchev–Trinajstić information content (AvgIpc) is 3.73. The topological polar surface area (TPSA) is 222 Å². The summed E-state index contributed by atoms with van der Waals surface area (Å²) in [6.45, 7) is 6.95. The van der Waals surface area contributed by atoms with Gasteiger partial charge in [-0.1, -0.05) is 107 Å². The number of benzene rings is 3. The largest absolute Gasteiger partial charge is 0.756 e. The average molecular weight is 850 g/mol. The number of hydrogen-bond donors (Lipinski definition) is 3. The SMILES string of the molecule is CCC(CC)CC.C[C@H](NP(=O)(Oc1cccc2ccccc12)OP(=O)([O-])OC[C@H]1O[C@@H](n2cnc3c(N)nc(Cl)nc32)[C@H](F)C1O)C(=O)OCc1ccccc1. The molecule has 6 rings (SSSR count). The molecular formula is C37H45ClFN6O10P2-. The van der Waals surface area contributed by atoms with Crippen LogP contribution >= 0.6 is 27.2 Å². The number of ether oxygens (including phenoxy) is 2. The number of imidazole rings is 1. The number of carbonyl (C=O) groups is 1. The van der Waals surface area contributed by atoms with Gasteiger partial charge in [-0.05, 0) is 41.5 Å². The lowest BCUT2D eigenvalue weighted by molar-refractivity contribution is -0.220. The van der Waals surface area contributed by atoms with E-state index in [1.807, 2.05) is 0 Å². The van der Waals surface area contributed by atoms with Gasteiger partial charge in [0, 0.05) is 5.39 Å². The molecule has 0 radical (unpaired) electrons. The molecule has 1 fully saturated rings. The number of rotatable bonds is 16. The highest BCUT2D eigenvalue weighted by Crippen LogP contribution is 2.59. The highest BCUT2D eigenvalue weighted by molar-refractivity contribution is 7.63. The van der Waals surface area contributed by atoms with Gasteiger partial charge in [0.15, 0.2) is 23.9 Å². The first-order chi connectivity index (χ1) is 27.2.